The van der Waals surface area contributed by atoms with Crippen molar-refractivity contribution in [2.24, 2.45) is 5.92 Å². The van der Waals surface area contributed by atoms with Crippen LogP contribution in [0.5, 0.6) is 23.0 Å². The summed E-state index contributed by atoms with van der Waals surface area (Å²) in [5.74, 6) is 0.290. The van der Waals surface area contributed by atoms with Crippen LogP contribution in [0, 0.1) is 5.92 Å². The Labute approximate surface area is 146 Å². The molecule has 2 aromatic carbocycles. The van der Waals surface area contributed by atoms with Crippen molar-refractivity contribution in [2.75, 3.05) is 0 Å². The third-order valence-electron chi connectivity index (χ3n) is 4.50. The van der Waals surface area contributed by atoms with E-state index in [2.05, 4.69) is 13.8 Å². The topological polar surface area (TPSA) is 87.0 Å². The second kappa shape index (κ2) is 6.67. The van der Waals surface area contributed by atoms with E-state index in [0.29, 0.717) is 17.9 Å². The lowest BCUT2D eigenvalue weighted by Gasteiger charge is -2.27. The van der Waals surface area contributed by atoms with Crippen LogP contribution in [0.1, 0.15) is 54.3 Å². The molecule has 3 rings (SSSR count). The van der Waals surface area contributed by atoms with Gasteiger partial charge in [0, 0.05) is 11.6 Å². The third kappa shape index (κ3) is 3.40. The van der Waals surface area contributed by atoms with Gasteiger partial charge in [0.1, 0.15) is 34.7 Å². The summed E-state index contributed by atoms with van der Waals surface area (Å²) in [4.78, 5) is 12.6. The van der Waals surface area contributed by atoms with Gasteiger partial charge in [-0.15, -0.1) is 0 Å². The lowest BCUT2D eigenvalue weighted by Crippen LogP contribution is -2.21. The molecule has 0 aliphatic carbocycles. The number of ether oxygens (including phenoxy) is 1. The average molecular weight is 342 g/mol. The summed E-state index contributed by atoms with van der Waals surface area (Å²) >= 11 is 0. The number of carbonyl (C=O) groups is 1. The SMILES string of the molecule is CC(C)CCc1c(O)cc2c(c1O)C(=O)CC(c1ccc(O)cc1)O2. The van der Waals surface area contributed by atoms with Crippen molar-refractivity contribution in [3.05, 3.63) is 47.0 Å². The lowest BCUT2D eigenvalue weighted by molar-refractivity contribution is 0.0844. The Bertz CT molecular complexity index is 793. The molecular weight excluding hydrogens is 320 g/mol. The fourth-order valence-corrected chi connectivity index (χ4v) is 3.05. The predicted molar refractivity (Wildman–Crippen MR) is 93.4 cm³/mol. The molecule has 5 heteroatoms. The molecule has 1 heterocycles. The van der Waals surface area contributed by atoms with Crippen LogP contribution in [0.15, 0.2) is 30.3 Å². The second-order valence-corrected chi connectivity index (χ2v) is 6.85. The first kappa shape index (κ1) is 17.1. The molecule has 0 radical (unpaired) electrons. The predicted octanol–water partition coefficient (Wildman–Crippen LogP) is 4.10. The van der Waals surface area contributed by atoms with Crippen molar-refractivity contribution in [1.82, 2.24) is 0 Å². The van der Waals surface area contributed by atoms with E-state index >= 15 is 0 Å². The Morgan fingerprint density at radius 3 is 2.48 bits per heavy atom. The van der Waals surface area contributed by atoms with Crippen LogP contribution >= 0.6 is 0 Å². The summed E-state index contributed by atoms with van der Waals surface area (Å²) in [6.45, 7) is 4.12. The standard InChI is InChI=1S/C20H22O5/c1-11(2)3-8-14-15(22)9-18-19(20(14)24)16(23)10-17(25-18)12-4-6-13(21)7-5-12/h4-7,9,11,17,21-22,24H,3,8,10H2,1-2H3. The van der Waals surface area contributed by atoms with Crippen LogP contribution < -0.4 is 4.74 Å². The van der Waals surface area contributed by atoms with Crippen LogP contribution in [-0.2, 0) is 6.42 Å². The zero-order chi connectivity index (χ0) is 18.1. The highest BCUT2D eigenvalue weighted by Crippen LogP contribution is 2.45. The van der Waals surface area contributed by atoms with Crippen molar-refractivity contribution in [1.29, 1.82) is 0 Å². The minimum Gasteiger partial charge on any atom is -0.508 e. The molecule has 1 aliphatic rings. The number of hydrogen-bond donors (Lipinski definition) is 3. The largest absolute Gasteiger partial charge is 0.508 e. The Morgan fingerprint density at radius 1 is 1.16 bits per heavy atom. The molecule has 1 atom stereocenters. The molecule has 0 spiro atoms. The maximum Gasteiger partial charge on any atom is 0.174 e. The van der Waals surface area contributed by atoms with Gasteiger partial charge in [0.25, 0.3) is 0 Å². The van der Waals surface area contributed by atoms with Gasteiger partial charge < -0.3 is 20.1 Å². The molecule has 0 fully saturated rings. The highest BCUT2D eigenvalue weighted by molar-refractivity contribution is 6.03. The molecular formula is C20H22O5. The van der Waals surface area contributed by atoms with Crippen LogP contribution in [0.4, 0.5) is 0 Å². The number of ketones is 1. The van der Waals surface area contributed by atoms with Crippen molar-refractivity contribution in [3.8, 4) is 23.0 Å². The molecule has 5 nitrogen and oxygen atoms in total. The molecule has 0 bridgehead atoms. The number of phenols is 3. The third-order valence-corrected chi connectivity index (χ3v) is 4.50. The lowest BCUT2D eigenvalue weighted by atomic mass is 9.92. The van der Waals surface area contributed by atoms with Crippen LogP contribution in [-0.4, -0.2) is 21.1 Å². The Hall–Kier alpha value is -2.69. The fraction of sp³-hybridized carbons (Fsp3) is 0.350. The van der Waals surface area contributed by atoms with Gasteiger partial charge in [-0.1, -0.05) is 26.0 Å². The van der Waals surface area contributed by atoms with Gasteiger partial charge in [-0.3, -0.25) is 4.79 Å². The average Bonchev–Trinajstić information content (AvgIpc) is 2.54. The summed E-state index contributed by atoms with van der Waals surface area (Å²) in [7, 11) is 0. The van der Waals surface area contributed by atoms with Crippen molar-refractivity contribution >= 4 is 5.78 Å². The molecule has 0 saturated heterocycles. The summed E-state index contributed by atoms with van der Waals surface area (Å²) in [6.07, 6.45) is 0.878. The first-order valence-corrected chi connectivity index (χ1v) is 8.43. The van der Waals surface area contributed by atoms with Gasteiger partial charge in [0.15, 0.2) is 5.78 Å². The van der Waals surface area contributed by atoms with Crippen molar-refractivity contribution in [3.63, 3.8) is 0 Å². The number of benzene rings is 2. The Morgan fingerprint density at radius 2 is 1.84 bits per heavy atom. The number of aromatic hydroxyl groups is 3. The Kier molecular flexibility index (Phi) is 4.57. The molecule has 0 amide bonds. The highest BCUT2D eigenvalue weighted by Gasteiger charge is 2.32. The zero-order valence-electron chi connectivity index (χ0n) is 14.3. The van der Waals surface area contributed by atoms with E-state index in [1.807, 2.05) is 0 Å². The van der Waals surface area contributed by atoms with Crippen LogP contribution in [0.25, 0.3) is 0 Å². The molecule has 2 aromatic rings. The van der Waals surface area contributed by atoms with E-state index in [9.17, 15) is 20.1 Å². The van der Waals surface area contributed by atoms with Crippen molar-refractivity contribution in [2.45, 2.75) is 39.2 Å². The summed E-state index contributed by atoms with van der Waals surface area (Å²) < 4.78 is 5.85. The molecule has 0 saturated carbocycles. The number of carbonyl (C=O) groups excluding carboxylic acids is 1. The molecule has 25 heavy (non-hydrogen) atoms. The summed E-state index contributed by atoms with van der Waals surface area (Å²) in [5, 5.41) is 30.1. The maximum absolute atomic E-state index is 12.6. The number of phenolic OH excluding ortho intramolecular Hbond substituents is 3. The molecule has 132 valence electrons. The molecule has 1 aliphatic heterocycles. The minimum absolute atomic E-state index is 0.0592. The normalized spacial score (nSPS) is 16.6. The van der Waals surface area contributed by atoms with E-state index in [1.54, 1.807) is 12.1 Å². The highest BCUT2D eigenvalue weighted by atomic mass is 16.5. The van der Waals surface area contributed by atoms with E-state index in [4.69, 9.17) is 4.74 Å². The number of rotatable bonds is 4. The van der Waals surface area contributed by atoms with Gasteiger partial charge in [-0.25, -0.2) is 0 Å². The monoisotopic (exact) mass is 342 g/mol. The molecule has 0 aromatic heterocycles. The van der Waals surface area contributed by atoms with Gasteiger partial charge in [-0.05, 0) is 36.5 Å². The summed E-state index contributed by atoms with van der Waals surface area (Å²) in [5.41, 5.74) is 1.29. The minimum atomic E-state index is -0.513. The number of fused-ring (bicyclic) bond motifs is 1. The first-order valence-electron chi connectivity index (χ1n) is 8.43. The van der Waals surface area contributed by atoms with Gasteiger partial charge >= 0.3 is 0 Å². The number of hydrogen-bond acceptors (Lipinski definition) is 5. The smallest absolute Gasteiger partial charge is 0.174 e. The fourth-order valence-electron chi connectivity index (χ4n) is 3.05. The van der Waals surface area contributed by atoms with Gasteiger partial charge in [-0.2, -0.15) is 0 Å². The van der Waals surface area contributed by atoms with Gasteiger partial charge in [0.05, 0.1) is 6.42 Å². The quantitative estimate of drug-likeness (QED) is 0.779. The van der Waals surface area contributed by atoms with Gasteiger partial charge in [0.2, 0.25) is 0 Å². The molecule has 1 unspecified atom stereocenters. The van der Waals surface area contributed by atoms with E-state index in [1.165, 1.54) is 18.2 Å². The van der Waals surface area contributed by atoms with Crippen LogP contribution in [0.3, 0.4) is 0 Å². The van der Waals surface area contributed by atoms with E-state index in [0.717, 1.165) is 12.0 Å². The maximum atomic E-state index is 12.6. The van der Waals surface area contributed by atoms with Crippen LogP contribution in [0.2, 0.25) is 0 Å². The van der Waals surface area contributed by atoms with Crippen molar-refractivity contribution < 1.29 is 24.9 Å². The first-order chi connectivity index (χ1) is 11.9. The Balaban J connectivity index is 1.94. The van der Waals surface area contributed by atoms with E-state index < -0.39 is 6.10 Å². The number of Topliss-reactive ketones (excluding diaryl/α,β-unsaturated/α-hetero) is 1. The summed E-state index contributed by atoms with van der Waals surface area (Å²) in [6, 6.07) is 7.85. The second-order valence-electron chi connectivity index (χ2n) is 6.85. The molecule has 3 N–H and O–H groups in total. The van der Waals surface area contributed by atoms with E-state index in [-0.39, 0.29) is 40.8 Å². The zero-order valence-corrected chi connectivity index (χ0v) is 14.3.